The molecule has 0 fully saturated rings. The second kappa shape index (κ2) is 2.93. The number of carbonyl (C=O) groups is 2. The number of hydrogen-bond donors (Lipinski definition) is 1. The predicted octanol–water partition coefficient (Wildman–Crippen LogP) is -0.726. The van der Waals surface area contributed by atoms with Crippen LogP contribution in [0.25, 0.3) is 0 Å². The first-order valence-electron chi connectivity index (χ1n) is 3.22. The Bertz CT molecular complexity index is 401. The van der Waals surface area contributed by atoms with Crippen molar-refractivity contribution in [2.75, 3.05) is 5.75 Å². The van der Waals surface area contributed by atoms with Gasteiger partial charge in [-0.25, -0.2) is 9.59 Å². The minimum atomic E-state index is -4.31. The Hall–Kier alpha value is -1.21. The van der Waals surface area contributed by atoms with Crippen molar-refractivity contribution in [2.45, 2.75) is 6.92 Å². The Balaban J connectivity index is 3.04. The lowest BCUT2D eigenvalue weighted by Crippen LogP contribution is -2.12. The van der Waals surface area contributed by atoms with Crippen molar-refractivity contribution in [1.82, 2.24) is 0 Å². The van der Waals surface area contributed by atoms with Crippen molar-refractivity contribution in [3.63, 3.8) is 0 Å². The summed E-state index contributed by atoms with van der Waals surface area (Å²) in [6, 6.07) is 0. The highest BCUT2D eigenvalue weighted by Gasteiger charge is 2.32. The van der Waals surface area contributed by atoms with Crippen LogP contribution in [0.3, 0.4) is 0 Å². The highest BCUT2D eigenvalue weighted by Crippen LogP contribution is 2.17. The van der Waals surface area contributed by atoms with Crippen LogP contribution in [0.4, 0.5) is 0 Å². The molecule has 0 aromatic carbocycles. The molecule has 7 heteroatoms. The molecule has 0 unspecified atom stereocenters. The summed E-state index contributed by atoms with van der Waals surface area (Å²) in [7, 11) is -4.31. The van der Waals surface area contributed by atoms with Gasteiger partial charge in [0.15, 0.2) is 0 Å². The van der Waals surface area contributed by atoms with E-state index in [2.05, 4.69) is 4.74 Å². The normalized spacial score (nSPS) is 18.0. The topological polar surface area (TPSA) is 97.7 Å². The molecule has 0 saturated carbocycles. The second-order valence-corrected chi connectivity index (χ2v) is 3.96. The highest BCUT2D eigenvalue weighted by atomic mass is 32.2. The second-order valence-electron chi connectivity index (χ2n) is 2.51. The van der Waals surface area contributed by atoms with Crippen LogP contribution in [0.1, 0.15) is 6.92 Å². The molecule has 0 atom stereocenters. The van der Waals surface area contributed by atoms with Gasteiger partial charge in [-0.1, -0.05) is 0 Å². The molecule has 0 saturated heterocycles. The first kappa shape index (κ1) is 9.87. The van der Waals surface area contributed by atoms with Crippen molar-refractivity contribution in [3.05, 3.63) is 11.1 Å². The van der Waals surface area contributed by atoms with Crippen molar-refractivity contribution >= 4 is 22.1 Å². The number of cyclic esters (lactones) is 2. The number of hydrogen-bond acceptors (Lipinski definition) is 5. The van der Waals surface area contributed by atoms with Gasteiger partial charge >= 0.3 is 11.9 Å². The molecule has 1 aliphatic rings. The summed E-state index contributed by atoms with van der Waals surface area (Å²) in [5.41, 5.74) is -0.393. The van der Waals surface area contributed by atoms with E-state index >= 15 is 0 Å². The predicted molar refractivity (Wildman–Crippen MR) is 40.2 cm³/mol. The Kier molecular flexibility index (Phi) is 2.22. The highest BCUT2D eigenvalue weighted by molar-refractivity contribution is 7.86. The van der Waals surface area contributed by atoms with Gasteiger partial charge < -0.3 is 4.74 Å². The standard InChI is InChI=1S/C6H6O6S/c1-3-4(2-13(9,10)11)6(8)12-5(3)7/h2H2,1H3,(H,9,10,11). The lowest BCUT2D eigenvalue weighted by Gasteiger charge is -1.94. The van der Waals surface area contributed by atoms with Gasteiger partial charge in [0.2, 0.25) is 0 Å². The maximum absolute atomic E-state index is 10.8. The molecule has 0 spiro atoms. The Morgan fingerprint density at radius 1 is 1.31 bits per heavy atom. The fraction of sp³-hybridized carbons (Fsp3) is 0.333. The summed E-state index contributed by atoms with van der Waals surface area (Å²) < 4.78 is 33.3. The van der Waals surface area contributed by atoms with Gasteiger partial charge in [0.05, 0.1) is 5.57 Å². The van der Waals surface area contributed by atoms with E-state index in [-0.39, 0.29) is 11.1 Å². The summed E-state index contributed by atoms with van der Waals surface area (Å²) in [6.07, 6.45) is 0. The van der Waals surface area contributed by atoms with E-state index in [0.717, 1.165) is 0 Å². The number of carbonyl (C=O) groups excluding carboxylic acids is 2. The molecule has 13 heavy (non-hydrogen) atoms. The molecule has 0 aromatic heterocycles. The Morgan fingerprint density at radius 3 is 2.15 bits per heavy atom. The van der Waals surface area contributed by atoms with Crippen LogP contribution in [0.15, 0.2) is 11.1 Å². The molecule has 0 aliphatic carbocycles. The van der Waals surface area contributed by atoms with Crippen LogP contribution >= 0.6 is 0 Å². The average Bonchev–Trinajstić information content (AvgIpc) is 2.14. The van der Waals surface area contributed by atoms with Gasteiger partial charge in [-0.15, -0.1) is 0 Å². The van der Waals surface area contributed by atoms with E-state index in [1.807, 2.05) is 0 Å². The molecule has 0 amide bonds. The number of ether oxygens (including phenoxy) is 1. The zero-order valence-electron chi connectivity index (χ0n) is 6.60. The molecule has 1 aliphatic heterocycles. The van der Waals surface area contributed by atoms with Crippen molar-refractivity contribution < 1.29 is 27.3 Å². The van der Waals surface area contributed by atoms with Crippen LogP contribution in [0.2, 0.25) is 0 Å². The quantitative estimate of drug-likeness (QED) is 0.363. The van der Waals surface area contributed by atoms with Crippen molar-refractivity contribution in [3.8, 4) is 0 Å². The molecular weight excluding hydrogens is 200 g/mol. The fourth-order valence-corrected chi connectivity index (χ4v) is 1.55. The smallest absolute Gasteiger partial charge is 0.343 e. The molecule has 1 heterocycles. The first-order valence-corrected chi connectivity index (χ1v) is 4.83. The van der Waals surface area contributed by atoms with Crippen molar-refractivity contribution in [2.24, 2.45) is 0 Å². The van der Waals surface area contributed by atoms with E-state index < -0.39 is 27.8 Å². The third kappa shape index (κ3) is 2.13. The molecule has 0 bridgehead atoms. The largest absolute Gasteiger partial charge is 0.386 e. The molecule has 6 nitrogen and oxygen atoms in total. The molecule has 1 N–H and O–H groups in total. The average molecular weight is 206 g/mol. The SMILES string of the molecule is CC1=C(CS(=O)(=O)O)C(=O)OC1=O. The third-order valence-corrected chi connectivity index (χ3v) is 2.17. The zero-order chi connectivity index (χ0) is 10.2. The van der Waals surface area contributed by atoms with E-state index in [1.165, 1.54) is 6.92 Å². The molecule has 1 rings (SSSR count). The van der Waals surface area contributed by atoms with E-state index in [9.17, 15) is 18.0 Å². The van der Waals surface area contributed by atoms with Gasteiger partial charge in [-0.2, -0.15) is 8.42 Å². The lowest BCUT2D eigenvalue weighted by atomic mass is 10.2. The minimum absolute atomic E-state index is 0.0809. The van der Waals surface area contributed by atoms with Gasteiger partial charge in [0, 0.05) is 5.57 Å². The monoisotopic (exact) mass is 206 g/mol. The van der Waals surface area contributed by atoms with Gasteiger partial charge in [-0.3, -0.25) is 4.55 Å². The molecule has 0 radical (unpaired) electrons. The number of esters is 2. The van der Waals surface area contributed by atoms with Gasteiger partial charge in [0.1, 0.15) is 5.75 Å². The lowest BCUT2D eigenvalue weighted by molar-refractivity contribution is -0.151. The van der Waals surface area contributed by atoms with Crippen LogP contribution in [-0.2, 0) is 24.4 Å². The van der Waals surface area contributed by atoms with Crippen LogP contribution in [0.5, 0.6) is 0 Å². The van der Waals surface area contributed by atoms with Crippen LogP contribution < -0.4 is 0 Å². The summed E-state index contributed by atoms with van der Waals surface area (Å²) in [5.74, 6) is -2.77. The Morgan fingerprint density at radius 2 is 1.85 bits per heavy atom. The minimum Gasteiger partial charge on any atom is -0.386 e. The van der Waals surface area contributed by atoms with E-state index in [4.69, 9.17) is 4.55 Å². The third-order valence-electron chi connectivity index (χ3n) is 1.52. The molecule has 72 valence electrons. The van der Waals surface area contributed by atoms with Gasteiger partial charge in [-0.05, 0) is 6.92 Å². The molecular formula is C6H6O6S. The van der Waals surface area contributed by atoms with Crippen LogP contribution in [0, 0.1) is 0 Å². The fourth-order valence-electron chi connectivity index (χ4n) is 0.848. The maximum atomic E-state index is 10.8. The van der Waals surface area contributed by atoms with E-state index in [1.54, 1.807) is 0 Å². The zero-order valence-corrected chi connectivity index (χ0v) is 7.42. The van der Waals surface area contributed by atoms with Crippen LogP contribution in [-0.4, -0.2) is 30.7 Å². The molecule has 0 aromatic rings. The summed E-state index contributed by atoms with van der Waals surface area (Å²) in [4.78, 5) is 21.5. The summed E-state index contributed by atoms with van der Waals surface area (Å²) >= 11 is 0. The maximum Gasteiger partial charge on any atom is 0.343 e. The van der Waals surface area contributed by atoms with E-state index in [0.29, 0.717) is 0 Å². The first-order chi connectivity index (χ1) is 5.81. The summed E-state index contributed by atoms with van der Waals surface area (Å²) in [5, 5.41) is 0. The Labute approximate surface area is 73.9 Å². The number of rotatable bonds is 2. The summed E-state index contributed by atoms with van der Waals surface area (Å²) in [6.45, 7) is 1.26. The van der Waals surface area contributed by atoms with Crippen molar-refractivity contribution in [1.29, 1.82) is 0 Å². The van der Waals surface area contributed by atoms with Gasteiger partial charge in [0.25, 0.3) is 10.1 Å².